The van der Waals surface area contributed by atoms with Crippen LogP contribution in [0.1, 0.15) is 26.2 Å². The highest BCUT2D eigenvalue weighted by Crippen LogP contribution is 2.24. The predicted octanol–water partition coefficient (Wildman–Crippen LogP) is 0.724. The van der Waals surface area contributed by atoms with Crippen molar-refractivity contribution in [3.63, 3.8) is 0 Å². The number of aliphatic imine (C=N–C) groups is 1. The lowest BCUT2D eigenvalue weighted by Crippen LogP contribution is -2.42. The van der Waals surface area contributed by atoms with Gasteiger partial charge in [0.1, 0.15) is 0 Å². The SMILES string of the molecule is CC1CCCC1NC1=NCCN1. The zero-order valence-corrected chi connectivity index (χ0v) is 7.64. The summed E-state index contributed by atoms with van der Waals surface area (Å²) < 4.78 is 0. The first-order valence-corrected chi connectivity index (χ1v) is 4.91. The lowest BCUT2D eigenvalue weighted by molar-refractivity contribution is 0.483. The third kappa shape index (κ3) is 1.54. The fourth-order valence-corrected chi connectivity index (χ4v) is 2.03. The molecule has 0 radical (unpaired) electrons. The fourth-order valence-electron chi connectivity index (χ4n) is 2.03. The predicted molar refractivity (Wildman–Crippen MR) is 50.2 cm³/mol. The van der Waals surface area contributed by atoms with Gasteiger partial charge in [0.15, 0.2) is 5.96 Å². The number of nitrogens with zero attached hydrogens (tertiary/aromatic N) is 1. The number of hydrogen-bond acceptors (Lipinski definition) is 3. The van der Waals surface area contributed by atoms with Crippen LogP contribution in [0.5, 0.6) is 0 Å². The van der Waals surface area contributed by atoms with Gasteiger partial charge in [0.2, 0.25) is 0 Å². The van der Waals surface area contributed by atoms with Crippen LogP contribution in [0.25, 0.3) is 0 Å². The minimum Gasteiger partial charge on any atom is -0.355 e. The molecule has 0 aromatic rings. The molecule has 1 fully saturated rings. The van der Waals surface area contributed by atoms with E-state index in [1.165, 1.54) is 19.3 Å². The van der Waals surface area contributed by atoms with Crippen molar-refractivity contribution >= 4 is 5.96 Å². The van der Waals surface area contributed by atoms with Crippen LogP contribution >= 0.6 is 0 Å². The van der Waals surface area contributed by atoms with Crippen LogP contribution in [0.3, 0.4) is 0 Å². The Balaban J connectivity index is 1.85. The summed E-state index contributed by atoms with van der Waals surface area (Å²) >= 11 is 0. The number of hydrogen-bond donors (Lipinski definition) is 2. The van der Waals surface area contributed by atoms with Crippen molar-refractivity contribution in [1.82, 2.24) is 10.6 Å². The molecule has 68 valence electrons. The molecule has 2 aliphatic rings. The highest BCUT2D eigenvalue weighted by atomic mass is 15.2. The van der Waals surface area contributed by atoms with E-state index in [-0.39, 0.29) is 0 Å². The van der Waals surface area contributed by atoms with Gasteiger partial charge in [0.05, 0.1) is 6.54 Å². The van der Waals surface area contributed by atoms with Crippen LogP contribution in [-0.4, -0.2) is 25.1 Å². The van der Waals surface area contributed by atoms with E-state index in [4.69, 9.17) is 0 Å². The van der Waals surface area contributed by atoms with Crippen LogP contribution in [0, 0.1) is 5.92 Å². The Kier molecular flexibility index (Phi) is 2.19. The van der Waals surface area contributed by atoms with Gasteiger partial charge in [-0.05, 0) is 18.8 Å². The Hall–Kier alpha value is -0.730. The fraction of sp³-hybridized carbons (Fsp3) is 0.889. The first-order valence-electron chi connectivity index (χ1n) is 4.91. The van der Waals surface area contributed by atoms with Crippen LogP contribution in [0.2, 0.25) is 0 Å². The molecule has 3 heteroatoms. The topological polar surface area (TPSA) is 36.4 Å². The first-order chi connectivity index (χ1) is 5.86. The molecule has 2 atom stereocenters. The summed E-state index contributed by atoms with van der Waals surface area (Å²) in [6.07, 6.45) is 4.04. The second kappa shape index (κ2) is 3.33. The van der Waals surface area contributed by atoms with Crippen LogP contribution in [-0.2, 0) is 0 Å². The summed E-state index contributed by atoms with van der Waals surface area (Å²) in [5, 5.41) is 6.71. The van der Waals surface area contributed by atoms with Crippen LogP contribution in [0.4, 0.5) is 0 Å². The summed E-state index contributed by atoms with van der Waals surface area (Å²) in [5.74, 6) is 1.84. The molecule has 0 saturated heterocycles. The average Bonchev–Trinajstić information content (AvgIpc) is 2.65. The molecule has 0 bridgehead atoms. The number of guanidine groups is 1. The average molecular weight is 167 g/mol. The molecule has 0 aromatic carbocycles. The molecule has 2 N–H and O–H groups in total. The Bertz CT molecular complexity index is 188. The van der Waals surface area contributed by atoms with Gasteiger partial charge < -0.3 is 10.6 Å². The second-order valence-corrected chi connectivity index (χ2v) is 3.82. The molecule has 1 aliphatic heterocycles. The maximum atomic E-state index is 4.33. The summed E-state index contributed by atoms with van der Waals surface area (Å²) in [7, 11) is 0. The molecule has 0 aromatic heterocycles. The van der Waals surface area contributed by atoms with Crippen molar-refractivity contribution < 1.29 is 0 Å². The standard InChI is InChI=1S/C9H17N3/c1-7-3-2-4-8(7)12-9-10-5-6-11-9/h7-8H,2-6H2,1H3,(H2,10,11,12). The molecule has 0 spiro atoms. The highest BCUT2D eigenvalue weighted by molar-refractivity contribution is 5.81. The molecule has 2 rings (SSSR count). The van der Waals surface area contributed by atoms with E-state index < -0.39 is 0 Å². The van der Waals surface area contributed by atoms with Gasteiger partial charge in [-0.2, -0.15) is 0 Å². The van der Waals surface area contributed by atoms with E-state index in [9.17, 15) is 0 Å². The zero-order valence-electron chi connectivity index (χ0n) is 7.64. The van der Waals surface area contributed by atoms with Gasteiger partial charge in [-0.15, -0.1) is 0 Å². The zero-order chi connectivity index (χ0) is 8.39. The molecule has 2 unspecified atom stereocenters. The van der Waals surface area contributed by atoms with Gasteiger partial charge in [0.25, 0.3) is 0 Å². The van der Waals surface area contributed by atoms with Crippen molar-refractivity contribution in [2.24, 2.45) is 10.9 Å². The van der Waals surface area contributed by atoms with E-state index >= 15 is 0 Å². The minimum absolute atomic E-state index is 0.661. The number of nitrogens with one attached hydrogen (secondary N) is 2. The first kappa shape index (κ1) is 7.90. The molecular weight excluding hydrogens is 150 g/mol. The summed E-state index contributed by atoms with van der Waals surface area (Å²) in [4.78, 5) is 4.33. The molecule has 3 nitrogen and oxygen atoms in total. The van der Waals surface area contributed by atoms with Crippen molar-refractivity contribution in [1.29, 1.82) is 0 Å². The summed E-state index contributed by atoms with van der Waals surface area (Å²) in [6, 6.07) is 0.661. The minimum atomic E-state index is 0.661. The smallest absolute Gasteiger partial charge is 0.191 e. The molecule has 0 amide bonds. The van der Waals surface area contributed by atoms with Gasteiger partial charge >= 0.3 is 0 Å². The third-order valence-electron chi connectivity index (χ3n) is 2.86. The normalized spacial score (nSPS) is 34.6. The van der Waals surface area contributed by atoms with Crippen LogP contribution < -0.4 is 10.6 Å². The number of rotatable bonds is 1. The van der Waals surface area contributed by atoms with E-state index in [0.29, 0.717) is 6.04 Å². The van der Waals surface area contributed by atoms with Gasteiger partial charge in [0, 0.05) is 12.6 Å². The highest BCUT2D eigenvalue weighted by Gasteiger charge is 2.24. The third-order valence-corrected chi connectivity index (χ3v) is 2.86. The lowest BCUT2D eigenvalue weighted by atomic mass is 10.1. The van der Waals surface area contributed by atoms with Gasteiger partial charge in [-0.25, -0.2) is 0 Å². The molecular formula is C9H17N3. The molecule has 12 heavy (non-hydrogen) atoms. The Labute approximate surface area is 73.6 Å². The largest absolute Gasteiger partial charge is 0.355 e. The molecule has 1 saturated carbocycles. The Morgan fingerprint density at radius 2 is 2.42 bits per heavy atom. The van der Waals surface area contributed by atoms with Crippen molar-refractivity contribution in [2.75, 3.05) is 13.1 Å². The van der Waals surface area contributed by atoms with Crippen molar-refractivity contribution in [3.8, 4) is 0 Å². The van der Waals surface area contributed by atoms with Gasteiger partial charge in [-0.1, -0.05) is 13.3 Å². The Morgan fingerprint density at radius 1 is 1.50 bits per heavy atom. The van der Waals surface area contributed by atoms with Crippen LogP contribution in [0.15, 0.2) is 4.99 Å². The maximum Gasteiger partial charge on any atom is 0.191 e. The quantitative estimate of drug-likeness (QED) is 0.604. The van der Waals surface area contributed by atoms with Gasteiger partial charge in [-0.3, -0.25) is 4.99 Å². The van der Waals surface area contributed by atoms with E-state index in [2.05, 4.69) is 22.5 Å². The lowest BCUT2D eigenvalue weighted by Gasteiger charge is -2.18. The van der Waals surface area contributed by atoms with E-state index in [1.807, 2.05) is 0 Å². The second-order valence-electron chi connectivity index (χ2n) is 3.82. The van der Waals surface area contributed by atoms with E-state index in [1.54, 1.807) is 0 Å². The monoisotopic (exact) mass is 167 g/mol. The Morgan fingerprint density at radius 3 is 3.00 bits per heavy atom. The maximum absolute atomic E-state index is 4.33. The molecule has 1 heterocycles. The summed E-state index contributed by atoms with van der Waals surface area (Å²) in [5.41, 5.74) is 0. The summed E-state index contributed by atoms with van der Waals surface area (Å²) in [6.45, 7) is 4.26. The van der Waals surface area contributed by atoms with Crippen molar-refractivity contribution in [3.05, 3.63) is 0 Å². The van der Waals surface area contributed by atoms with E-state index in [0.717, 1.165) is 25.0 Å². The van der Waals surface area contributed by atoms with Crippen molar-refractivity contribution in [2.45, 2.75) is 32.2 Å². The molecule has 1 aliphatic carbocycles.